The molecular formula is C20H27N3O4. The van der Waals surface area contributed by atoms with Gasteiger partial charge in [0.25, 0.3) is 5.56 Å². The van der Waals surface area contributed by atoms with E-state index in [-0.39, 0.29) is 30.0 Å². The van der Waals surface area contributed by atoms with Gasteiger partial charge >= 0.3 is 0 Å². The van der Waals surface area contributed by atoms with Crippen LogP contribution >= 0.6 is 0 Å². The number of piperidine rings is 1. The highest BCUT2D eigenvalue weighted by Crippen LogP contribution is 2.41. The second-order valence-corrected chi connectivity index (χ2v) is 7.96. The highest BCUT2D eigenvalue weighted by molar-refractivity contribution is 5.86. The predicted octanol–water partition coefficient (Wildman–Crippen LogP) is 0.868. The topological polar surface area (TPSA) is 71.8 Å². The molecule has 0 aliphatic carbocycles. The number of hydrogen-bond donors (Lipinski definition) is 0. The van der Waals surface area contributed by atoms with Crippen LogP contribution in [0.15, 0.2) is 29.2 Å². The predicted molar refractivity (Wildman–Crippen MR) is 99.1 cm³/mol. The van der Waals surface area contributed by atoms with E-state index in [0.29, 0.717) is 13.1 Å². The standard InChI is InChI=1S/C20H27N3O4/c24-17-4-1-2-9-21(17)14-18(25)22-11-8-20(15-22)7-3-10-23(19(20)26)16-5-12-27-13-6-16/h1-2,4,9,16H,3,5-8,10-15H2/t20-/m0/s1. The van der Waals surface area contributed by atoms with Crippen molar-refractivity contribution in [2.24, 2.45) is 5.41 Å². The van der Waals surface area contributed by atoms with Crippen LogP contribution in [-0.4, -0.2) is 65.1 Å². The Balaban J connectivity index is 1.44. The van der Waals surface area contributed by atoms with Crippen molar-refractivity contribution in [1.82, 2.24) is 14.4 Å². The first kappa shape index (κ1) is 18.2. The first-order valence-electron chi connectivity index (χ1n) is 9.91. The van der Waals surface area contributed by atoms with E-state index >= 15 is 0 Å². The molecular weight excluding hydrogens is 346 g/mol. The smallest absolute Gasteiger partial charge is 0.250 e. The summed E-state index contributed by atoms with van der Waals surface area (Å²) in [6, 6.07) is 5.14. The van der Waals surface area contributed by atoms with Crippen molar-refractivity contribution in [3.63, 3.8) is 0 Å². The van der Waals surface area contributed by atoms with Gasteiger partial charge in [-0.3, -0.25) is 14.4 Å². The Morgan fingerprint density at radius 3 is 2.74 bits per heavy atom. The third-order valence-corrected chi connectivity index (χ3v) is 6.31. The number of pyridine rings is 1. The van der Waals surface area contributed by atoms with Crippen molar-refractivity contribution < 1.29 is 14.3 Å². The maximum atomic E-state index is 13.3. The molecule has 1 spiro atoms. The second kappa shape index (κ2) is 7.46. The monoisotopic (exact) mass is 373 g/mol. The number of amides is 2. The van der Waals surface area contributed by atoms with Crippen molar-refractivity contribution in [1.29, 1.82) is 0 Å². The van der Waals surface area contributed by atoms with E-state index in [4.69, 9.17) is 4.74 Å². The molecule has 0 saturated carbocycles. The molecule has 1 aromatic heterocycles. The molecule has 4 rings (SSSR count). The molecule has 0 aromatic carbocycles. The van der Waals surface area contributed by atoms with E-state index in [2.05, 4.69) is 4.90 Å². The lowest BCUT2D eigenvalue weighted by Gasteiger charge is -2.44. The minimum atomic E-state index is -0.437. The molecule has 4 heterocycles. The Kier molecular flexibility index (Phi) is 5.04. The fourth-order valence-corrected chi connectivity index (χ4v) is 4.75. The molecule has 1 aromatic rings. The third-order valence-electron chi connectivity index (χ3n) is 6.31. The van der Waals surface area contributed by atoms with Crippen LogP contribution in [0.4, 0.5) is 0 Å². The molecule has 1 atom stereocenters. The number of hydrogen-bond acceptors (Lipinski definition) is 4. The number of nitrogens with zero attached hydrogens (tertiary/aromatic N) is 3. The fraction of sp³-hybridized carbons (Fsp3) is 0.650. The zero-order chi connectivity index (χ0) is 18.9. The lowest BCUT2D eigenvalue weighted by atomic mass is 9.77. The van der Waals surface area contributed by atoms with Gasteiger partial charge in [-0.15, -0.1) is 0 Å². The number of aromatic nitrogens is 1. The molecule has 146 valence electrons. The molecule has 3 aliphatic rings. The van der Waals surface area contributed by atoms with Gasteiger partial charge in [0.2, 0.25) is 11.8 Å². The number of rotatable bonds is 3. The Morgan fingerprint density at radius 2 is 1.96 bits per heavy atom. The van der Waals surface area contributed by atoms with Crippen molar-refractivity contribution in [3.8, 4) is 0 Å². The summed E-state index contributed by atoms with van der Waals surface area (Å²) < 4.78 is 6.86. The van der Waals surface area contributed by atoms with Crippen molar-refractivity contribution in [3.05, 3.63) is 34.7 Å². The van der Waals surface area contributed by atoms with E-state index in [1.54, 1.807) is 23.2 Å². The summed E-state index contributed by atoms with van der Waals surface area (Å²) in [6.07, 6.45) is 6.00. The fourth-order valence-electron chi connectivity index (χ4n) is 4.75. The maximum absolute atomic E-state index is 13.3. The average molecular weight is 373 g/mol. The molecule has 0 radical (unpaired) electrons. The van der Waals surface area contributed by atoms with E-state index < -0.39 is 5.41 Å². The van der Waals surface area contributed by atoms with Crippen LogP contribution in [-0.2, 0) is 20.9 Å². The largest absolute Gasteiger partial charge is 0.381 e. The van der Waals surface area contributed by atoms with Crippen molar-refractivity contribution in [2.45, 2.75) is 44.7 Å². The zero-order valence-corrected chi connectivity index (χ0v) is 15.6. The van der Waals surface area contributed by atoms with Gasteiger partial charge < -0.3 is 19.1 Å². The Labute approximate surface area is 158 Å². The van der Waals surface area contributed by atoms with Gasteiger partial charge in [-0.25, -0.2) is 0 Å². The minimum Gasteiger partial charge on any atom is -0.381 e. The van der Waals surface area contributed by atoms with Crippen LogP contribution in [0, 0.1) is 5.41 Å². The lowest BCUT2D eigenvalue weighted by Crippen LogP contribution is -2.55. The third kappa shape index (κ3) is 3.52. The van der Waals surface area contributed by atoms with Crippen LogP contribution < -0.4 is 5.56 Å². The molecule has 3 saturated heterocycles. The van der Waals surface area contributed by atoms with Gasteiger partial charge in [0.15, 0.2) is 0 Å². The highest BCUT2D eigenvalue weighted by atomic mass is 16.5. The molecule has 7 nitrogen and oxygen atoms in total. The van der Waals surface area contributed by atoms with Crippen LogP contribution in [0.25, 0.3) is 0 Å². The number of likely N-dealkylation sites (tertiary alicyclic amines) is 2. The molecule has 0 bridgehead atoms. The Morgan fingerprint density at radius 1 is 1.15 bits per heavy atom. The lowest BCUT2D eigenvalue weighted by molar-refractivity contribution is -0.151. The van der Waals surface area contributed by atoms with Gasteiger partial charge in [-0.05, 0) is 38.2 Å². The second-order valence-electron chi connectivity index (χ2n) is 7.96. The minimum absolute atomic E-state index is 0.0353. The summed E-state index contributed by atoms with van der Waals surface area (Å²) >= 11 is 0. The van der Waals surface area contributed by atoms with Crippen molar-refractivity contribution >= 4 is 11.8 Å². The summed E-state index contributed by atoms with van der Waals surface area (Å²) in [5.41, 5.74) is -0.618. The van der Waals surface area contributed by atoms with Crippen LogP contribution in [0.2, 0.25) is 0 Å². The molecule has 0 N–H and O–H groups in total. The Hall–Kier alpha value is -2.15. The van der Waals surface area contributed by atoms with E-state index in [1.807, 2.05) is 0 Å². The summed E-state index contributed by atoms with van der Waals surface area (Å²) in [7, 11) is 0. The van der Waals surface area contributed by atoms with Gasteiger partial charge in [-0.1, -0.05) is 6.07 Å². The molecule has 27 heavy (non-hydrogen) atoms. The average Bonchev–Trinajstić information content (AvgIpc) is 3.12. The summed E-state index contributed by atoms with van der Waals surface area (Å²) in [4.78, 5) is 41.7. The number of carbonyl (C=O) groups is 2. The van der Waals surface area contributed by atoms with E-state index in [9.17, 15) is 14.4 Å². The van der Waals surface area contributed by atoms with Crippen LogP contribution in [0.1, 0.15) is 32.1 Å². The van der Waals surface area contributed by atoms with Gasteiger partial charge in [0.05, 0.1) is 5.41 Å². The summed E-state index contributed by atoms with van der Waals surface area (Å²) in [6.45, 7) is 3.36. The zero-order valence-electron chi connectivity index (χ0n) is 15.6. The molecule has 3 aliphatic heterocycles. The molecule has 3 fully saturated rings. The van der Waals surface area contributed by atoms with Gasteiger partial charge in [-0.2, -0.15) is 0 Å². The van der Waals surface area contributed by atoms with Gasteiger partial charge in [0.1, 0.15) is 6.54 Å². The maximum Gasteiger partial charge on any atom is 0.250 e. The molecule has 7 heteroatoms. The molecule has 0 unspecified atom stereocenters. The van der Waals surface area contributed by atoms with E-state index in [1.165, 1.54) is 10.6 Å². The first-order chi connectivity index (χ1) is 13.1. The summed E-state index contributed by atoms with van der Waals surface area (Å²) in [5.74, 6) is 0.129. The van der Waals surface area contributed by atoms with Gasteiger partial charge in [0, 0.05) is 51.2 Å². The first-order valence-corrected chi connectivity index (χ1v) is 9.91. The highest BCUT2D eigenvalue weighted by Gasteiger charge is 2.50. The Bertz CT molecular complexity index is 770. The molecule has 2 amide bonds. The SMILES string of the molecule is O=C(Cn1ccccc1=O)N1CC[C@@]2(CCCN(C3CCOCC3)C2=O)C1. The summed E-state index contributed by atoms with van der Waals surface area (Å²) in [5, 5.41) is 0. The normalized spacial score (nSPS) is 26.7. The van der Waals surface area contributed by atoms with E-state index in [0.717, 1.165) is 51.9 Å². The van der Waals surface area contributed by atoms with Crippen molar-refractivity contribution in [2.75, 3.05) is 32.8 Å². The van der Waals surface area contributed by atoms with Crippen LogP contribution in [0.5, 0.6) is 0 Å². The van der Waals surface area contributed by atoms with Crippen LogP contribution in [0.3, 0.4) is 0 Å². The quantitative estimate of drug-likeness (QED) is 0.788. The number of carbonyl (C=O) groups excluding carboxylic acids is 2. The number of ether oxygens (including phenoxy) is 1.